The first-order chi connectivity index (χ1) is 9.56. The molecule has 3 unspecified atom stereocenters. The molecule has 114 valence electrons. The van der Waals surface area contributed by atoms with Gasteiger partial charge in [0.25, 0.3) is 0 Å². The molecule has 1 aliphatic rings. The quantitative estimate of drug-likeness (QED) is 0.838. The molecule has 1 aromatic rings. The number of aryl methyl sites for hydroxylation is 2. The zero-order chi connectivity index (χ0) is 14.5. The van der Waals surface area contributed by atoms with Gasteiger partial charge in [-0.1, -0.05) is 19.8 Å². The predicted molar refractivity (Wildman–Crippen MR) is 79.8 cm³/mol. The van der Waals surface area contributed by atoms with Crippen molar-refractivity contribution in [2.24, 2.45) is 13.0 Å². The fourth-order valence-corrected chi connectivity index (χ4v) is 2.82. The average Bonchev–Trinajstić information content (AvgIpc) is 2.74. The third-order valence-electron chi connectivity index (χ3n) is 4.08. The number of nitrogens with one attached hydrogen (secondary N) is 1. The van der Waals surface area contributed by atoms with Crippen molar-refractivity contribution in [1.29, 1.82) is 0 Å². The van der Waals surface area contributed by atoms with Crippen LogP contribution >= 0.6 is 0 Å². The Morgan fingerprint density at radius 3 is 2.90 bits per heavy atom. The molecule has 2 N–H and O–H groups in total. The minimum absolute atomic E-state index is 0.318. The standard InChI is InChI=1S/C15H27N3O2/c1-11-6-4-5-7-15(11)20-10-13(19)8-16-14-9-18(3)17-12(14)2/h9,11,13,15-16,19H,4-8,10H2,1-3H3. The van der Waals surface area contributed by atoms with Crippen LogP contribution in [0.3, 0.4) is 0 Å². The number of rotatable bonds is 6. The summed E-state index contributed by atoms with van der Waals surface area (Å²) in [7, 11) is 1.89. The van der Waals surface area contributed by atoms with Crippen molar-refractivity contribution in [2.75, 3.05) is 18.5 Å². The summed E-state index contributed by atoms with van der Waals surface area (Å²) in [4.78, 5) is 0. The second-order valence-corrected chi connectivity index (χ2v) is 5.97. The Hall–Kier alpha value is -1.07. The van der Waals surface area contributed by atoms with Gasteiger partial charge in [0, 0.05) is 19.8 Å². The molecule has 1 fully saturated rings. The van der Waals surface area contributed by atoms with Crippen LogP contribution in [-0.2, 0) is 11.8 Å². The molecular weight excluding hydrogens is 254 g/mol. The number of aliphatic hydroxyl groups excluding tert-OH is 1. The number of hydrogen-bond acceptors (Lipinski definition) is 4. The topological polar surface area (TPSA) is 59.3 Å². The predicted octanol–water partition coefficient (Wildman–Crippen LogP) is 2.10. The third-order valence-corrected chi connectivity index (χ3v) is 4.08. The van der Waals surface area contributed by atoms with E-state index >= 15 is 0 Å². The van der Waals surface area contributed by atoms with Crippen molar-refractivity contribution in [3.63, 3.8) is 0 Å². The third kappa shape index (κ3) is 4.21. The minimum Gasteiger partial charge on any atom is -0.389 e. The van der Waals surface area contributed by atoms with Crippen molar-refractivity contribution in [2.45, 2.75) is 51.7 Å². The number of ether oxygens (including phenoxy) is 1. The minimum atomic E-state index is -0.483. The van der Waals surface area contributed by atoms with Crippen LogP contribution in [0, 0.1) is 12.8 Å². The maximum Gasteiger partial charge on any atom is 0.0945 e. The summed E-state index contributed by atoms with van der Waals surface area (Å²) in [5, 5.41) is 17.5. The molecule has 5 heteroatoms. The van der Waals surface area contributed by atoms with Gasteiger partial charge in [-0.15, -0.1) is 0 Å². The van der Waals surface area contributed by atoms with Gasteiger partial charge in [0.1, 0.15) is 0 Å². The molecular formula is C15H27N3O2. The maximum absolute atomic E-state index is 10.0. The number of aromatic nitrogens is 2. The molecule has 1 aliphatic carbocycles. The maximum atomic E-state index is 10.0. The highest BCUT2D eigenvalue weighted by molar-refractivity contribution is 5.45. The first kappa shape index (κ1) is 15.3. The Morgan fingerprint density at radius 2 is 2.25 bits per heavy atom. The molecule has 3 atom stereocenters. The monoisotopic (exact) mass is 281 g/mol. The van der Waals surface area contributed by atoms with Crippen LogP contribution in [0.15, 0.2) is 6.20 Å². The fourth-order valence-electron chi connectivity index (χ4n) is 2.82. The van der Waals surface area contributed by atoms with Crippen molar-refractivity contribution < 1.29 is 9.84 Å². The second kappa shape index (κ2) is 7.09. The van der Waals surface area contributed by atoms with Gasteiger partial charge in [0.05, 0.1) is 30.2 Å². The van der Waals surface area contributed by atoms with E-state index in [1.807, 2.05) is 20.2 Å². The van der Waals surface area contributed by atoms with E-state index in [4.69, 9.17) is 4.74 Å². The van der Waals surface area contributed by atoms with Crippen LogP contribution in [-0.4, -0.2) is 40.2 Å². The van der Waals surface area contributed by atoms with Gasteiger partial charge in [-0.05, 0) is 25.7 Å². The molecule has 1 aromatic heterocycles. The molecule has 0 radical (unpaired) electrons. The van der Waals surface area contributed by atoms with Crippen LogP contribution in [0.5, 0.6) is 0 Å². The van der Waals surface area contributed by atoms with Crippen LogP contribution in [0.1, 0.15) is 38.3 Å². The van der Waals surface area contributed by atoms with Crippen molar-refractivity contribution in [3.8, 4) is 0 Å². The lowest BCUT2D eigenvalue weighted by atomic mass is 9.88. The van der Waals surface area contributed by atoms with Crippen LogP contribution < -0.4 is 5.32 Å². The smallest absolute Gasteiger partial charge is 0.0945 e. The van der Waals surface area contributed by atoms with Crippen LogP contribution in [0.4, 0.5) is 5.69 Å². The second-order valence-electron chi connectivity index (χ2n) is 5.97. The lowest BCUT2D eigenvalue weighted by molar-refractivity contribution is -0.0424. The first-order valence-electron chi connectivity index (χ1n) is 7.60. The fraction of sp³-hybridized carbons (Fsp3) is 0.800. The van der Waals surface area contributed by atoms with Gasteiger partial charge in [0.15, 0.2) is 0 Å². The summed E-state index contributed by atoms with van der Waals surface area (Å²) in [5.41, 5.74) is 1.92. The molecule has 0 bridgehead atoms. The summed E-state index contributed by atoms with van der Waals surface area (Å²) >= 11 is 0. The van der Waals surface area contributed by atoms with E-state index in [1.54, 1.807) is 4.68 Å². The normalized spacial score (nSPS) is 24.6. The molecule has 1 heterocycles. The number of aliphatic hydroxyl groups is 1. The molecule has 0 spiro atoms. The van der Waals surface area contributed by atoms with Gasteiger partial charge >= 0.3 is 0 Å². The molecule has 1 saturated carbocycles. The molecule has 0 aromatic carbocycles. The Labute approximate surface area is 121 Å². The molecule has 0 saturated heterocycles. The van der Waals surface area contributed by atoms with E-state index < -0.39 is 6.10 Å². The van der Waals surface area contributed by atoms with E-state index in [0.29, 0.717) is 25.2 Å². The van der Waals surface area contributed by atoms with Crippen molar-refractivity contribution in [1.82, 2.24) is 9.78 Å². The Kier molecular flexibility index (Phi) is 5.43. The zero-order valence-corrected chi connectivity index (χ0v) is 12.8. The van der Waals surface area contributed by atoms with Crippen LogP contribution in [0.25, 0.3) is 0 Å². The summed E-state index contributed by atoms with van der Waals surface area (Å²) in [5.74, 6) is 0.615. The number of hydrogen-bond donors (Lipinski definition) is 2. The van der Waals surface area contributed by atoms with Gasteiger partial charge in [-0.3, -0.25) is 4.68 Å². The van der Waals surface area contributed by atoms with E-state index in [-0.39, 0.29) is 0 Å². The van der Waals surface area contributed by atoms with E-state index in [2.05, 4.69) is 17.3 Å². The largest absolute Gasteiger partial charge is 0.389 e. The van der Waals surface area contributed by atoms with Crippen molar-refractivity contribution >= 4 is 5.69 Å². The molecule has 2 rings (SSSR count). The van der Waals surface area contributed by atoms with E-state index in [1.165, 1.54) is 19.3 Å². The SMILES string of the molecule is Cc1nn(C)cc1NCC(O)COC1CCCCC1C. The molecule has 5 nitrogen and oxygen atoms in total. The Balaban J connectivity index is 1.70. The lowest BCUT2D eigenvalue weighted by Crippen LogP contribution is -2.32. The highest BCUT2D eigenvalue weighted by Gasteiger charge is 2.22. The summed E-state index contributed by atoms with van der Waals surface area (Å²) in [6.07, 6.45) is 6.69. The highest BCUT2D eigenvalue weighted by atomic mass is 16.5. The highest BCUT2D eigenvalue weighted by Crippen LogP contribution is 2.26. The lowest BCUT2D eigenvalue weighted by Gasteiger charge is -2.29. The van der Waals surface area contributed by atoms with Gasteiger partial charge in [-0.25, -0.2) is 0 Å². The number of anilines is 1. The zero-order valence-electron chi connectivity index (χ0n) is 12.8. The summed E-state index contributed by atoms with van der Waals surface area (Å²) in [6.45, 7) is 5.09. The van der Waals surface area contributed by atoms with Crippen molar-refractivity contribution in [3.05, 3.63) is 11.9 Å². The van der Waals surface area contributed by atoms with Crippen LogP contribution in [0.2, 0.25) is 0 Å². The summed E-state index contributed by atoms with van der Waals surface area (Å²) in [6, 6.07) is 0. The molecule has 0 aliphatic heterocycles. The van der Waals surface area contributed by atoms with E-state index in [9.17, 15) is 5.11 Å². The Morgan fingerprint density at radius 1 is 1.50 bits per heavy atom. The molecule has 20 heavy (non-hydrogen) atoms. The summed E-state index contributed by atoms with van der Waals surface area (Å²) < 4.78 is 7.64. The number of nitrogens with zero attached hydrogens (tertiary/aromatic N) is 2. The Bertz CT molecular complexity index is 419. The van der Waals surface area contributed by atoms with Gasteiger partial charge in [0.2, 0.25) is 0 Å². The van der Waals surface area contributed by atoms with Gasteiger partial charge in [-0.2, -0.15) is 5.10 Å². The average molecular weight is 281 g/mol. The van der Waals surface area contributed by atoms with Gasteiger partial charge < -0.3 is 15.2 Å². The van der Waals surface area contributed by atoms with E-state index in [0.717, 1.165) is 17.8 Å². The first-order valence-corrected chi connectivity index (χ1v) is 7.60. The molecule has 0 amide bonds.